The van der Waals surface area contributed by atoms with Crippen LogP contribution in [-0.4, -0.2) is 44.0 Å². The Balaban J connectivity index is 2.05. The summed E-state index contributed by atoms with van der Waals surface area (Å²) in [5, 5.41) is 13.8. The molecule has 1 aromatic heterocycles. The number of pyridine rings is 1. The number of rotatable bonds is 9. The average Bonchev–Trinajstić information content (AvgIpc) is 2.84. The first-order chi connectivity index (χ1) is 15.9. The molecule has 3 rings (SSSR count). The fraction of sp³-hybridized carbons (Fsp3) is 0.250. The predicted molar refractivity (Wildman–Crippen MR) is 124 cm³/mol. The lowest BCUT2D eigenvalue weighted by atomic mass is 10.1. The molecule has 0 bridgehead atoms. The van der Waals surface area contributed by atoms with E-state index in [0.29, 0.717) is 28.5 Å². The van der Waals surface area contributed by atoms with Gasteiger partial charge in [0.25, 0.3) is 11.5 Å². The minimum Gasteiger partial charge on any atom is -0.506 e. The number of fused-ring (bicyclic) bond motifs is 1. The van der Waals surface area contributed by atoms with Crippen molar-refractivity contribution in [3.8, 4) is 28.7 Å². The maximum atomic E-state index is 13.2. The van der Waals surface area contributed by atoms with E-state index < -0.39 is 17.2 Å². The molecule has 9 nitrogen and oxygen atoms in total. The van der Waals surface area contributed by atoms with Crippen molar-refractivity contribution >= 4 is 16.8 Å². The van der Waals surface area contributed by atoms with Crippen molar-refractivity contribution < 1.29 is 28.8 Å². The van der Waals surface area contributed by atoms with Crippen LogP contribution in [0.15, 0.2) is 47.8 Å². The summed E-state index contributed by atoms with van der Waals surface area (Å²) < 4.78 is 22.5. The van der Waals surface area contributed by atoms with Gasteiger partial charge in [-0.15, -0.1) is 6.58 Å². The Labute approximate surface area is 190 Å². The molecule has 9 heteroatoms. The van der Waals surface area contributed by atoms with E-state index in [9.17, 15) is 14.7 Å². The Kier molecular flexibility index (Phi) is 7.12. The van der Waals surface area contributed by atoms with Gasteiger partial charge in [0, 0.05) is 24.5 Å². The molecular formula is C24H26N2O7. The number of aromatic nitrogens is 1. The monoisotopic (exact) mass is 454 g/mol. The lowest BCUT2D eigenvalue weighted by Gasteiger charge is -2.16. The fourth-order valence-corrected chi connectivity index (χ4v) is 3.54. The van der Waals surface area contributed by atoms with Gasteiger partial charge in [0.2, 0.25) is 0 Å². The van der Waals surface area contributed by atoms with E-state index in [1.807, 2.05) is 0 Å². The van der Waals surface area contributed by atoms with Crippen molar-refractivity contribution in [3.63, 3.8) is 0 Å². The summed E-state index contributed by atoms with van der Waals surface area (Å²) in [6.45, 7) is 3.91. The smallest absolute Gasteiger partial charge is 0.268 e. The van der Waals surface area contributed by atoms with Gasteiger partial charge in [-0.25, -0.2) is 0 Å². The Morgan fingerprint density at radius 1 is 1.00 bits per heavy atom. The largest absolute Gasteiger partial charge is 0.506 e. The molecule has 33 heavy (non-hydrogen) atoms. The predicted octanol–water partition coefficient (Wildman–Crippen LogP) is 2.86. The third-order valence-electron chi connectivity index (χ3n) is 5.18. The maximum Gasteiger partial charge on any atom is 0.268 e. The number of methoxy groups -OCH3 is 4. The number of aromatic hydroxyl groups is 1. The van der Waals surface area contributed by atoms with Gasteiger partial charge >= 0.3 is 0 Å². The van der Waals surface area contributed by atoms with E-state index >= 15 is 0 Å². The standard InChI is InChI=1S/C24H26N2O7/c1-6-9-26-16-12-20(33-5)19(32-4)11-15(16)22(27)21(24(26)29)23(28)25-13-14-7-8-17(30-2)18(10-14)31-3/h6-8,10-12,27H,1,9,13H2,2-5H3,(H,25,28). The van der Waals surface area contributed by atoms with Gasteiger partial charge in [0.15, 0.2) is 23.0 Å². The zero-order valence-electron chi connectivity index (χ0n) is 18.9. The van der Waals surface area contributed by atoms with Crippen molar-refractivity contribution in [3.05, 3.63) is 64.5 Å². The number of amides is 1. The van der Waals surface area contributed by atoms with Crippen LogP contribution in [0.4, 0.5) is 0 Å². The number of hydrogen-bond donors (Lipinski definition) is 2. The molecule has 174 valence electrons. The van der Waals surface area contributed by atoms with E-state index in [-0.39, 0.29) is 24.0 Å². The van der Waals surface area contributed by atoms with Crippen LogP contribution in [0.5, 0.6) is 28.7 Å². The van der Waals surface area contributed by atoms with Crippen LogP contribution in [0.3, 0.4) is 0 Å². The molecule has 2 aromatic carbocycles. The number of ether oxygens (including phenoxy) is 4. The first-order valence-corrected chi connectivity index (χ1v) is 10.0. The van der Waals surface area contributed by atoms with Crippen LogP contribution in [0.2, 0.25) is 0 Å². The molecule has 0 unspecified atom stereocenters. The minimum absolute atomic E-state index is 0.101. The highest BCUT2D eigenvalue weighted by atomic mass is 16.5. The van der Waals surface area contributed by atoms with E-state index in [2.05, 4.69) is 11.9 Å². The number of carbonyl (C=O) groups excluding carboxylic acids is 1. The molecular weight excluding hydrogens is 428 g/mol. The van der Waals surface area contributed by atoms with Crippen molar-refractivity contribution in [2.45, 2.75) is 13.1 Å². The Morgan fingerprint density at radius 3 is 2.21 bits per heavy atom. The Bertz CT molecular complexity index is 1260. The van der Waals surface area contributed by atoms with Gasteiger partial charge in [0.1, 0.15) is 11.3 Å². The van der Waals surface area contributed by atoms with Gasteiger partial charge in [-0.1, -0.05) is 12.1 Å². The van der Waals surface area contributed by atoms with Gasteiger partial charge < -0.3 is 33.9 Å². The number of hydrogen-bond acceptors (Lipinski definition) is 7. The molecule has 3 aromatic rings. The van der Waals surface area contributed by atoms with E-state index in [0.717, 1.165) is 5.56 Å². The van der Waals surface area contributed by atoms with Gasteiger partial charge in [-0.05, 0) is 23.8 Å². The van der Waals surface area contributed by atoms with E-state index in [1.54, 1.807) is 24.3 Å². The summed E-state index contributed by atoms with van der Waals surface area (Å²) in [5.74, 6) is 0.625. The van der Waals surface area contributed by atoms with Crippen molar-refractivity contribution in [2.75, 3.05) is 28.4 Å². The Morgan fingerprint density at radius 2 is 1.61 bits per heavy atom. The number of allylic oxidation sites excluding steroid dienone is 1. The molecule has 0 radical (unpaired) electrons. The van der Waals surface area contributed by atoms with Crippen LogP contribution in [0, 0.1) is 0 Å². The van der Waals surface area contributed by atoms with Gasteiger partial charge in [-0.2, -0.15) is 0 Å². The second kappa shape index (κ2) is 9.99. The maximum absolute atomic E-state index is 13.2. The van der Waals surface area contributed by atoms with Crippen LogP contribution in [0.25, 0.3) is 10.9 Å². The topological polar surface area (TPSA) is 108 Å². The van der Waals surface area contributed by atoms with Crippen LogP contribution < -0.4 is 29.8 Å². The number of carbonyl (C=O) groups is 1. The third kappa shape index (κ3) is 4.43. The van der Waals surface area contributed by atoms with Crippen LogP contribution in [0.1, 0.15) is 15.9 Å². The summed E-state index contributed by atoms with van der Waals surface area (Å²) in [7, 11) is 5.96. The molecule has 0 fully saturated rings. The first-order valence-electron chi connectivity index (χ1n) is 10.0. The molecule has 0 aliphatic carbocycles. The Hall–Kier alpha value is -4.14. The lowest BCUT2D eigenvalue weighted by Crippen LogP contribution is -2.33. The van der Waals surface area contributed by atoms with Crippen molar-refractivity contribution in [1.82, 2.24) is 9.88 Å². The first kappa shape index (κ1) is 23.5. The third-order valence-corrected chi connectivity index (χ3v) is 5.18. The normalized spacial score (nSPS) is 10.5. The highest BCUT2D eigenvalue weighted by molar-refractivity contribution is 6.03. The highest BCUT2D eigenvalue weighted by Gasteiger charge is 2.23. The molecule has 1 heterocycles. The average molecular weight is 454 g/mol. The fourth-order valence-electron chi connectivity index (χ4n) is 3.54. The molecule has 0 spiro atoms. The second-order valence-corrected chi connectivity index (χ2v) is 7.02. The molecule has 0 aliphatic rings. The summed E-state index contributed by atoms with van der Waals surface area (Å²) in [6.07, 6.45) is 1.53. The second-order valence-electron chi connectivity index (χ2n) is 7.02. The highest BCUT2D eigenvalue weighted by Crippen LogP contribution is 2.36. The van der Waals surface area contributed by atoms with Crippen LogP contribution in [-0.2, 0) is 13.1 Å². The van der Waals surface area contributed by atoms with Crippen molar-refractivity contribution in [2.24, 2.45) is 0 Å². The number of nitrogens with zero attached hydrogens (tertiary/aromatic N) is 1. The summed E-state index contributed by atoms with van der Waals surface area (Å²) in [4.78, 5) is 26.2. The zero-order valence-corrected chi connectivity index (χ0v) is 18.9. The quantitative estimate of drug-likeness (QED) is 0.479. The van der Waals surface area contributed by atoms with E-state index in [1.165, 1.54) is 45.1 Å². The molecule has 0 saturated heterocycles. The summed E-state index contributed by atoms with van der Waals surface area (Å²) >= 11 is 0. The number of nitrogens with one attached hydrogen (secondary N) is 1. The zero-order chi connectivity index (χ0) is 24.1. The molecule has 0 saturated carbocycles. The minimum atomic E-state index is -0.721. The summed E-state index contributed by atoms with van der Waals surface area (Å²) in [5.41, 5.74) is 0.0690. The van der Waals surface area contributed by atoms with Crippen LogP contribution >= 0.6 is 0 Å². The van der Waals surface area contributed by atoms with Gasteiger partial charge in [-0.3, -0.25) is 9.59 Å². The molecule has 1 amide bonds. The van der Waals surface area contributed by atoms with Crippen molar-refractivity contribution in [1.29, 1.82) is 0 Å². The SMILES string of the molecule is C=CCn1c(=O)c(C(=O)NCc2ccc(OC)c(OC)c2)c(O)c2cc(OC)c(OC)cc21. The molecule has 0 atom stereocenters. The van der Waals surface area contributed by atoms with E-state index in [4.69, 9.17) is 18.9 Å². The van der Waals surface area contributed by atoms with Gasteiger partial charge in [0.05, 0.1) is 34.0 Å². The lowest BCUT2D eigenvalue weighted by molar-refractivity contribution is 0.0946. The summed E-state index contributed by atoms with van der Waals surface area (Å²) in [6, 6.07) is 8.28. The molecule has 0 aliphatic heterocycles. The molecule has 2 N–H and O–H groups in total. The number of benzene rings is 2.